The number of aryl methyl sites for hydroxylation is 3. The van der Waals surface area contributed by atoms with Gasteiger partial charge in [-0.3, -0.25) is 9.59 Å². The van der Waals surface area contributed by atoms with Crippen LogP contribution in [0, 0.1) is 18.8 Å². The number of hydrogen-bond acceptors (Lipinski definition) is 2. The fourth-order valence-electron chi connectivity index (χ4n) is 4.35. The summed E-state index contributed by atoms with van der Waals surface area (Å²) in [6, 6.07) is 4.28. The van der Waals surface area contributed by atoms with E-state index in [-0.39, 0.29) is 23.4 Å². The van der Waals surface area contributed by atoms with E-state index < -0.39 is 5.92 Å². The molecule has 2 saturated carbocycles. The second kappa shape index (κ2) is 5.49. The second-order valence-corrected chi connectivity index (χ2v) is 6.81. The molecular formula is C20H24O2. The van der Waals surface area contributed by atoms with E-state index in [0.29, 0.717) is 12.8 Å². The molecule has 2 nitrogen and oxygen atoms in total. The Morgan fingerprint density at radius 1 is 1.00 bits per heavy atom. The number of rotatable bonds is 3. The molecule has 0 bridgehead atoms. The van der Waals surface area contributed by atoms with E-state index in [4.69, 9.17) is 0 Å². The van der Waals surface area contributed by atoms with Crippen molar-refractivity contribution in [1.29, 1.82) is 0 Å². The molecule has 3 atom stereocenters. The number of fused-ring (bicyclic) bond motifs is 1. The van der Waals surface area contributed by atoms with Crippen molar-refractivity contribution in [2.75, 3.05) is 0 Å². The normalized spacial score (nSPS) is 27.6. The first-order chi connectivity index (χ1) is 10.5. The zero-order valence-corrected chi connectivity index (χ0v) is 13.7. The van der Waals surface area contributed by atoms with Gasteiger partial charge in [0.25, 0.3) is 0 Å². The van der Waals surface area contributed by atoms with E-state index in [9.17, 15) is 9.59 Å². The summed E-state index contributed by atoms with van der Waals surface area (Å²) < 4.78 is 0. The van der Waals surface area contributed by atoms with Crippen LogP contribution in [0.5, 0.6) is 0 Å². The number of ketones is 2. The van der Waals surface area contributed by atoms with Gasteiger partial charge in [-0.25, -0.2) is 0 Å². The highest BCUT2D eigenvalue weighted by Crippen LogP contribution is 2.48. The molecule has 22 heavy (non-hydrogen) atoms. The van der Waals surface area contributed by atoms with Gasteiger partial charge >= 0.3 is 0 Å². The van der Waals surface area contributed by atoms with E-state index in [1.807, 2.05) is 0 Å². The summed E-state index contributed by atoms with van der Waals surface area (Å²) in [5.74, 6) is -0.459. The second-order valence-electron chi connectivity index (χ2n) is 6.81. The molecule has 3 rings (SSSR count). The van der Waals surface area contributed by atoms with E-state index in [1.54, 1.807) is 0 Å². The van der Waals surface area contributed by atoms with Crippen LogP contribution in [0.15, 0.2) is 24.3 Å². The average Bonchev–Trinajstić information content (AvgIpc) is 2.98. The molecular weight excluding hydrogens is 272 g/mol. The van der Waals surface area contributed by atoms with Crippen LogP contribution >= 0.6 is 0 Å². The topological polar surface area (TPSA) is 34.1 Å². The molecule has 2 fully saturated rings. The minimum Gasteiger partial charge on any atom is -0.298 e. The van der Waals surface area contributed by atoms with Gasteiger partial charge in [-0.05, 0) is 49.3 Å². The van der Waals surface area contributed by atoms with Crippen LogP contribution in [0.3, 0.4) is 0 Å². The first-order valence-corrected chi connectivity index (χ1v) is 8.34. The van der Waals surface area contributed by atoms with Crippen LogP contribution in [-0.4, -0.2) is 11.6 Å². The monoisotopic (exact) mass is 296 g/mol. The highest BCUT2D eigenvalue weighted by molar-refractivity contribution is 6.16. The molecule has 0 radical (unpaired) electrons. The van der Waals surface area contributed by atoms with Gasteiger partial charge in [0.1, 0.15) is 5.92 Å². The highest BCUT2D eigenvalue weighted by Gasteiger charge is 2.53. The lowest BCUT2D eigenvalue weighted by molar-refractivity contribution is -0.125. The number of hydrogen-bond donors (Lipinski definition) is 0. The van der Waals surface area contributed by atoms with Crippen molar-refractivity contribution in [1.82, 2.24) is 0 Å². The maximum absolute atomic E-state index is 12.9. The smallest absolute Gasteiger partial charge is 0.151 e. The highest BCUT2D eigenvalue weighted by atomic mass is 16.2. The standard InChI is InChI=1S/C20H24O2/c1-5-13-7-11(3)8-14(6-2)17(13)18-19(21)15-9-12(4)10-16(15)20(18)22/h7-8,15-16,18H,4-6,9-10H2,1-3H3/t15-,16+,18?. The van der Waals surface area contributed by atoms with Crippen LogP contribution in [-0.2, 0) is 22.4 Å². The third-order valence-electron chi connectivity index (χ3n) is 5.35. The molecule has 1 aromatic rings. The van der Waals surface area contributed by atoms with E-state index in [2.05, 4.69) is 39.5 Å². The molecule has 1 aromatic carbocycles. The molecule has 2 aliphatic carbocycles. The fraction of sp³-hybridized carbons (Fsp3) is 0.500. The lowest BCUT2D eigenvalue weighted by atomic mass is 9.83. The minimum atomic E-state index is -0.520. The summed E-state index contributed by atoms with van der Waals surface area (Å²) in [5, 5.41) is 0. The van der Waals surface area contributed by atoms with Gasteiger partial charge in [-0.1, -0.05) is 43.7 Å². The molecule has 0 heterocycles. The lowest BCUT2D eigenvalue weighted by Gasteiger charge is -2.19. The Morgan fingerprint density at radius 2 is 1.45 bits per heavy atom. The summed E-state index contributed by atoms with van der Waals surface area (Å²) in [6.07, 6.45) is 3.15. The Morgan fingerprint density at radius 3 is 1.86 bits per heavy atom. The Kier molecular flexibility index (Phi) is 3.80. The summed E-state index contributed by atoms with van der Waals surface area (Å²) >= 11 is 0. The first-order valence-electron chi connectivity index (χ1n) is 8.34. The predicted octanol–water partition coefficient (Wildman–Crippen LogP) is 3.94. The number of carbonyl (C=O) groups excluding carboxylic acids is 2. The predicted molar refractivity (Wildman–Crippen MR) is 88.0 cm³/mol. The maximum atomic E-state index is 12.9. The Hall–Kier alpha value is -1.70. The van der Waals surface area contributed by atoms with Crippen molar-refractivity contribution in [2.45, 2.75) is 52.4 Å². The summed E-state index contributed by atoms with van der Waals surface area (Å²) in [4.78, 5) is 25.8. The number of carbonyl (C=O) groups is 2. The summed E-state index contributed by atoms with van der Waals surface area (Å²) in [7, 11) is 0. The number of benzene rings is 1. The zero-order chi connectivity index (χ0) is 16.0. The molecule has 0 amide bonds. The molecule has 0 spiro atoms. The van der Waals surface area contributed by atoms with Crippen molar-refractivity contribution in [3.63, 3.8) is 0 Å². The van der Waals surface area contributed by atoms with Crippen LogP contribution in [0.25, 0.3) is 0 Å². The Bertz CT molecular complexity index is 617. The van der Waals surface area contributed by atoms with Gasteiger partial charge in [0.2, 0.25) is 0 Å². The molecule has 116 valence electrons. The van der Waals surface area contributed by atoms with Crippen molar-refractivity contribution in [3.05, 3.63) is 46.5 Å². The molecule has 0 saturated heterocycles. The average molecular weight is 296 g/mol. The maximum Gasteiger partial charge on any atom is 0.151 e. The van der Waals surface area contributed by atoms with E-state index >= 15 is 0 Å². The van der Waals surface area contributed by atoms with Crippen molar-refractivity contribution >= 4 is 11.6 Å². The van der Waals surface area contributed by atoms with Crippen LogP contribution in [0.1, 0.15) is 54.9 Å². The van der Waals surface area contributed by atoms with Gasteiger partial charge in [0, 0.05) is 11.8 Å². The Labute approximate surface area is 132 Å². The van der Waals surface area contributed by atoms with Crippen molar-refractivity contribution < 1.29 is 9.59 Å². The summed E-state index contributed by atoms with van der Waals surface area (Å²) in [5.41, 5.74) is 5.63. The largest absolute Gasteiger partial charge is 0.298 e. The molecule has 0 aliphatic heterocycles. The molecule has 0 N–H and O–H groups in total. The van der Waals surface area contributed by atoms with Gasteiger partial charge in [0.15, 0.2) is 11.6 Å². The first kappa shape index (κ1) is 15.2. The molecule has 2 aliphatic rings. The third-order valence-corrected chi connectivity index (χ3v) is 5.35. The number of allylic oxidation sites excluding steroid dienone is 1. The third kappa shape index (κ3) is 2.16. The quantitative estimate of drug-likeness (QED) is 0.625. The molecule has 2 heteroatoms. The van der Waals surface area contributed by atoms with Crippen LogP contribution in [0.2, 0.25) is 0 Å². The molecule has 0 aromatic heterocycles. The lowest BCUT2D eigenvalue weighted by Crippen LogP contribution is -2.20. The van der Waals surface area contributed by atoms with Gasteiger partial charge in [-0.15, -0.1) is 0 Å². The van der Waals surface area contributed by atoms with Gasteiger partial charge in [-0.2, -0.15) is 0 Å². The van der Waals surface area contributed by atoms with Crippen LogP contribution in [0.4, 0.5) is 0 Å². The van der Waals surface area contributed by atoms with Gasteiger partial charge < -0.3 is 0 Å². The zero-order valence-electron chi connectivity index (χ0n) is 13.7. The summed E-state index contributed by atoms with van der Waals surface area (Å²) in [6.45, 7) is 10.3. The Balaban J connectivity index is 2.11. The van der Waals surface area contributed by atoms with Crippen molar-refractivity contribution in [3.8, 4) is 0 Å². The van der Waals surface area contributed by atoms with Crippen LogP contribution < -0.4 is 0 Å². The minimum absolute atomic E-state index is 0.110. The molecule has 1 unspecified atom stereocenters. The SMILES string of the molecule is C=C1C[C@@H]2C(=O)C(c3c(CC)cc(C)cc3CC)C(=O)[C@@H]2C1. The van der Waals surface area contributed by atoms with Gasteiger partial charge in [0.05, 0.1) is 0 Å². The van der Waals surface area contributed by atoms with E-state index in [1.165, 1.54) is 16.7 Å². The van der Waals surface area contributed by atoms with E-state index in [0.717, 1.165) is 24.0 Å². The fourth-order valence-corrected chi connectivity index (χ4v) is 4.35. The number of Topliss-reactive ketones (excluding diaryl/α,β-unsaturated/α-hetero) is 2. The van der Waals surface area contributed by atoms with Crippen molar-refractivity contribution in [2.24, 2.45) is 11.8 Å².